The van der Waals surface area contributed by atoms with Crippen LogP contribution in [0.1, 0.15) is 136 Å². The molecule has 0 atom stereocenters. The number of rotatable bonds is 3. The molecule has 4 aromatic heterocycles. The van der Waals surface area contributed by atoms with Crippen LogP contribution < -0.4 is 20.6 Å². The summed E-state index contributed by atoms with van der Waals surface area (Å²) in [7, 11) is 0. The molecule has 0 saturated carbocycles. The van der Waals surface area contributed by atoms with Gasteiger partial charge in [-0.3, -0.25) is 0 Å². The molecule has 0 amide bonds. The highest BCUT2D eigenvalue weighted by atomic mass is 32.1. The molecule has 9 aromatic carbocycles. The predicted molar refractivity (Wildman–Crippen MR) is 360 cm³/mol. The number of aromatic nitrogens is 3. The monoisotopic (exact) mass is 1110 g/mol. The van der Waals surface area contributed by atoms with E-state index in [9.17, 15) is 5.26 Å². The number of nitrogens with zero attached hydrogens (tertiary/aromatic N) is 5. The molecule has 16 rings (SSSR count). The summed E-state index contributed by atoms with van der Waals surface area (Å²) < 4.78 is 10.4. The largest absolute Gasteiger partial charge is 0.309 e. The zero-order valence-corrected chi connectivity index (χ0v) is 51.5. The van der Waals surface area contributed by atoms with E-state index in [1.165, 1.54) is 136 Å². The first kappa shape index (κ1) is 51.3. The van der Waals surface area contributed by atoms with Crippen molar-refractivity contribution in [2.75, 3.05) is 4.90 Å². The summed E-state index contributed by atoms with van der Waals surface area (Å²) in [5, 5.41) is 19.0. The fourth-order valence-corrected chi connectivity index (χ4v) is 16.6. The van der Waals surface area contributed by atoms with Gasteiger partial charge in [0.1, 0.15) is 0 Å². The summed E-state index contributed by atoms with van der Waals surface area (Å²) in [6, 6.07) is 65.7. The third-order valence-corrected chi connectivity index (χ3v) is 21.2. The maximum absolute atomic E-state index is 10.2. The van der Waals surface area contributed by atoms with Gasteiger partial charge in [-0.25, -0.2) is 0 Å². The Labute approximate surface area is 497 Å². The molecular weight excluding hydrogens is 1040 g/mol. The van der Waals surface area contributed by atoms with E-state index in [4.69, 9.17) is 0 Å². The van der Waals surface area contributed by atoms with Crippen molar-refractivity contribution in [3.63, 3.8) is 0 Å². The first-order valence-corrected chi connectivity index (χ1v) is 31.1. The minimum atomic E-state index is -0.0798. The summed E-state index contributed by atoms with van der Waals surface area (Å²) in [5.74, 6) is 0. The molecule has 0 bridgehead atoms. The normalized spacial score (nSPS) is 15.5. The van der Waals surface area contributed by atoms with E-state index in [2.05, 4.69) is 260 Å². The van der Waals surface area contributed by atoms with Crippen LogP contribution in [0.25, 0.3) is 92.6 Å². The second kappa shape index (κ2) is 17.0. The van der Waals surface area contributed by atoms with Crippen LogP contribution in [0.5, 0.6) is 0 Å². The van der Waals surface area contributed by atoms with Gasteiger partial charge >= 0.3 is 0 Å². The molecule has 7 heteroatoms. The van der Waals surface area contributed by atoms with Crippen molar-refractivity contribution in [2.24, 2.45) is 0 Å². The van der Waals surface area contributed by atoms with E-state index in [0.717, 1.165) is 29.6 Å². The Kier molecular flexibility index (Phi) is 10.4. The summed E-state index contributed by atoms with van der Waals surface area (Å²) in [5.41, 5.74) is 24.3. The minimum Gasteiger partial charge on any atom is -0.309 e. The molecule has 13 aromatic rings. The molecule has 0 unspecified atom stereocenters. The van der Waals surface area contributed by atoms with E-state index in [1.807, 2.05) is 29.5 Å². The zero-order valence-electron chi connectivity index (χ0n) is 50.7. The number of hydrogen-bond acceptors (Lipinski definition) is 3. The first-order chi connectivity index (χ1) is 40.0. The van der Waals surface area contributed by atoms with Crippen molar-refractivity contribution in [1.82, 2.24) is 13.7 Å². The smallest absolute Gasteiger partial charge is 0.264 e. The lowest BCUT2D eigenvalue weighted by Gasteiger charge is -2.44. The van der Waals surface area contributed by atoms with Crippen molar-refractivity contribution < 1.29 is 0 Å². The van der Waals surface area contributed by atoms with E-state index in [-0.39, 0.29) is 33.8 Å². The van der Waals surface area contributed by atoms with Gasteiger partial charge in [-0.2, -0.15) is 5.26 Å². The van der Waals surface area contributed by atoms with E-state index in [1.54, 1.807) is 0 Å². The predicted octanol–water partition coefficient (Wildman–Crippen LogP) is 18.9. The van der Waals surface area contributed by atoms with Crippen LogP contribution in [0.4, 0.5) is 17.1 Å². The van der Waals surface area contributed by atoms with Crippen LogP contribution in [0.2, 0.25) is 0 Å². The van der Waals surface area contributed by atoms with Crippen LogP contribution in [0.3, 0.4) is 0 Å². The number of para-hydroxylation sites is 2. The third kappa shape index (κ3) is 7.01. The lowest BCUT2D eigenvalue weighted by Crippen LogP contribution is -2.59. The lowest BCUT2D eigenvalue weighted by atomic mass is 9.36. The van der Waals surface area contributed by atoms with Crippen molar-refractivity contribution in [3.8, 4) is 23.1 Å². The highest BCUT2D eigenvalue weighted by Crippen LogP contribution is 2.54. The fourth-order valence-electron chi connectivity index (χ4n) is 15.3. The molecule has 0 radical (unpaired) electrons. The highest BCUT2D eigenvalue weighted by molar-refractivity contribution is 7.33. The van der Waals surface area contributed by atoms with Gasteiger partial charge in [0.05, 0.1) is 56.3 Å². The van der Waals surface area contributed by atoms with Gasteiger partial charge < -0.3 is 18.6 Å². The van der Waals surface area contributed by atoms with Crippen LogP contribution in [-0.4, -0.2) is 20.4 Å². The third-order valence-electron chi connectivity index (χ3n) is 20.0. The molecule has 2 aliphatic heterocycles. The summed E-state index contributed by atoms with van der Waals surface area (Å²) >= 11 is 1.99. The maximum atomic E-state index is 10.2. The van der Waals surface area contributed by atoms with Gasteiger partial charge in [-0.15, -0.1) is 11.3 Å². The number of benzene rings is 9. The van der Waals surface area contributed by atoms with Crippen molar-refractivity contribution in [2.45, 2.75) is 130 Å². The number of hydrogen-bond donors (Lipinski definition) is 0. The van der Waals surface area contributed by atoms with Crippen LogP contribution in [0.15, 0.2) is 164 Å². The molecule has 0 spiro atoms. The molecule has 0 N–H and O–H groups in total. The maximum Gasteiger partial charge on any atom is 0.264 e. The van der Waals surface area contributed by atoms with E-state index < -0.39 is 0 Å². The Morgan fingerprint density at radius 3 is 1.75 bits per heavy atom. The summed E-state index contributed by atoms with van der Waals surface area (Å²) in [6.07, 6.45) is 2.28. The average Bonchev–Trinajstić information content (AvgIpc) is 1.79. The van der Waals surface area contributed by atoms with Gasteiger partial charge in [-0.1, -0.05) is 163 Å². The van der Waals surface area contributed by atoms with Crippen molar-refractivity contribution in [3.05, 3.63) is 197 Å². The lowest BCUT2D eigenvalue weighted by molar-refractivity contribution is 0.332. The zero-order chi connectivity index (χ0) is 58.1. The van der Waals surface area contributed by atoms with Crippen LogP contribution in [-0.2, 0) is 27.1 Å². The fraction of sp³-hybridized carbons (Fsp3) is 0.260. The van der Waals surface area contributed by atoms with Gasteiger partial charge in [-0.05, 0) is 170 Å². The molecule has 6 heterocycles. The first-order valence-electron chi connectivity index (χ1n) is 30.3. The van der Waals surface area contributed by atoms with E-state index >= 15 is 0 Å². The molecular formula is C77H70BN5S. The Hall–Kier alpha value is -8.31. The SMILES string of the molecule is CC(C)(C)c1ccc2sc3c(c2c1)N(c1ccc2c(c1)C(C)(C)CCC2(C)C)c1c(-n2c4ccc(C(C)(C)C)cc4c4cc(C(C)(C)C)ccc42)ccc2c1B3c1cccc3c4ccc5c(c6ccccc6n5-c5cccc(C#N)c5)c4n-2c13. The highest BCUT2D eigenvalue weighted by Gasteiger charge is 2.47. The van der Waals surface area contributed by atoms with Gasteiger partial charge in [0.15, 0.2) is 0 Å². The second-order valence-corrected chi connectivity index (χ2v) is 30.2. The molecule has 84 heavy (non-hydrogen) atoms. The number of thiophene rings is 1. The standard InChI is InChI=1S/C77H70BN5S/c1-73(2,3)45-24-30-60-53(39-45)54-40-46(74(4,5)6)25-31-61(54)82(60)64-34-33-63-67-71(64)81(49-27-29-56-57(42-49)77(12,13)37-36-76(56,10)11)70-55-41-47(75(7,8)9)26-35-65(55)84-72(70)78(67)58-22-17-21-50-51-28-32-62-66(69(51)83(63)68(50)58)52-20-14-15-23-59(52)80(62)48-19-16-18-44(38-48)43-79/h14-35,38-42H,36-37H2,1-13H3. The number of fused-ring (bicyclic) bond motifs is 17. The molecule has 0 fully saturated rings. The minimum absolute atomic E-state index is 0.0193. The van der Waals surface area contributed by atoms with Crippen molar-refractivity contribution in [1.29, 1.82) is 5.26 Å². The van der Waals surface area contributed by atoms with Crippen molar-refractivity contribution >= 4 is 126 Å². The van der Waals surface area contributed by atoms with Crippen LogP contribution in [0, 0.1) is 11.3 Å². The number of anilines is 3. The summed E-state index contributed by atoms with van der Waals surface area (Å²) in [6.45, 7) is 30.9. The topological polar surface area (TPSA) is 41.8 Å². The Morgan fingerprint density at radius 2 is 1.06 bits per heavy atom. The number of nitriles is 1. The van der Waals surface area contributed by atoms with Gasteiger partial charge in [0, 0.05) is 69.8 Å². The summed E-state index contributed by atoms with van der Waals surface area (Å²) in [4.78, 5) is 2.76. The Morgan fingerprint density at radius 1 is 0.464 bits per heavy atom. The average molecular weight is 1110 g/mol. The molecule has 3 aliphatic rings. The quantitative estimate of drug-likeness (QED) is 0.165. The Bertz CT molecular complexity index is 5050. The molecule has 5 nitrogen and oxygen atoms in total. The molecule has 0 saturated heterocycles. The molecule has 1 aliphatic carbocycles. The second-order valence-electron chi connectivity index (χ2n) is 29.2. The van der Waals surface area contributed by atoms with E-state index in [0.29, 0.717) is 5.56 Å². The van der Waals surface area contributed by atoms with Crippen LogP contribution >= 0.6 is 11.3 Å². The molecule has 412 valence electrons. The van der Waals surface area contributed by atoms with Gasteiger partial charge in [0.25, 0.3) is 6.71 Å². The van der Waals surface area contributed by atoms with Gasteiger partial charge in [0.2, 0.25) is 0 Å². The Balaban J connectivity index is 1.11.